The van der Waals surface area contributed by atoms with Crippen molar-refractivity contribution < 1.29 is 27.8 Å². The largest absolute Gasteiger partial charge is 0.490 e. The van der Waals surface area contributed by atoms with E-state index in [1.165, 1.54) is 23.5 Å². The van der Waals surface area contributed by atoms with Gasteiger partial charge in [-0.25, -0.2) is 13.8 Å². The lowest BCUT2D eigenvalue weighted by molar-refractivity contribution is -0.129. The van der Waals surface area contributed by atoms with E-state index in [9.17, 15) is 9.18 Å². The van der Waals surface area contributed by atoms with Gasteiger partial charge in [0.15, 0.2) is 0 Å². The normalized spacial score (nSPS) is 16.9. The fourth-order valence-corrected chi connectivity index (χ4v) is 7.95. The van der Waals surface area contributed by atoms with Crippen molar-refractivity contribution in [2.24, 2.45) is 7.05 Å². The molecule has 51 heavy (non-hydrogen) atoms. The first kappa shape index (κ1) is 32.8. The average Bonchev–Trinajstić information content (AvgIpc) is 3.88. The molecule has 260 valence electrons. The van der Waals surface area contributed by atoms with Crippen molar-refractivity contribution in [1.29, 1.82) is 0 Å². The van der Waals surface area contributed by atoms with Crippen molar-refractivity contribution in [1.82, 2.24) is 29.4 Å². The maximum atomic E-state index is 16.3. The Kier molecular flexibility index (Phi) is 8.60. The molecule has 10 nitrogen and oxygen atoms in total. The molecule has 0 fully saturated rings. The van der Waals surface area contributed by atoms with Gasteiger partial charge in [-0.1, -0.05) is 19.6 Å². The first-order valence-electron chi connectivity index (χ1n) is 16.7. The molecule has 6 heterocycles. The molecule has 2 aliphatic heterocycles. The summed E-state index contributed by atoms with van der Waals surface area (Å²) in [7, 11) is 1.87. The Morgan fingerprint density at radius 3 is 2.75 bits per heavy atom. The molecule has 0 spiro atoms. The minimum Gasteiger partial charge on any atom is -0.490 e. The second kappa shape index (κ2) is 13.4. The van der Waals surface area contributed by atoms with Gasteiger partial charge < -0.3 is 19.1 Å². The second-order valence-corrected chi connectivity index (χ2v) is 13.2. The summed E-state index contributed by atoms with van der Waals surface area (Å²) in [5.41, 5.74) is 4.39. The number of pyridine rings is 1. The Bertz CT molecular complexity index is 2360. The van der Waals surface area contributed by atoms with Gasteiger partial charge in [-0.3, -0.25) is 14.2 Å². The molecule has 0 aliphatic carbocycles. The Morgan fingerprint density at radius 1 is 1.04 bits per heavy atom. The molecule has 2 bridgehead atoms. The number of aromatic nitrogens is 5. The summed E-state index contributed by atoms with van der Waals surface area (Å²) in [5.74, 6) is -1.10. The van der Waals surface area contributed by atoms with Crippen molar-refractivity contribution in [3.63, 3.8) is 0 Å². The predicted octanol–water partition coefficient (Wildman–Crippen LogP) is 7.48. The van der Waals surface area contributed by atoms with Crippen LogP contribution in [0.25, 0.3) is 54.8 Å². The Hall–Kier alpha value is -5.40. The van der Waals surface area contributed by atoms with Gasteiger partial charge in [-0.05, 0) is 42.2 Å². The third-order valence-corrected chi connectivity index (χ3v) is 10.3. The van der Waals surface area contributed by atoms with Gasteiger partial charge in [0.2, 0.25) is 5.91 Å². The van der Waals surface area contributed by atoms with Crippen LogP contribution in [-0.4, -0.2) is 68.3 Å². The molecule has 1 atom stereocenters. The number of benzene rings is 2. The molecule has 0 saturated carbocycles. The number of aryl methyl sites for hydroxylation is 1. The van der Waals surface area contributed by atoms with Crippen LogP contribution in [0.5, 0.6) is 11.5 Å². The van der Waals surface area contributed by atoms with Gasteiger partial charge in [0.05, 0.1) is 54.5 Å². The molecule has 8 rings (SSSR count). The van der Waals surface area contributed by atoms with E-state index in [0.29, 0.717) is 59.2 Å². The quantitative estimate of drug-likeness (QED) is 0.139. The monoisotopic (exact) mass is 708 g/mol. The Labute approximate surface area is 296 Å². The zero-order valence-electron chi connectivity index (χ0n) is 28.1. The van der Waals surface area contributed by atoms with Crippen LogP contribution in [0.2, 0.25) is 0 Å². The molecular formula is C38H34F2N6O4S. The summed E-state index contributed by atoms with van der Waals surface area (Å²) >= 11 is 1.42. The van der Waals surface area contributed by atoms with Gasteiger partial charge in [-0.2, -0.15) is 10.2 Å². The maximum absolute atomic E-state index is 16.3. The minimum atomic E-state index is -0.795. The number of carbonyl (C=O) groups excluding carboxylic acids is 1. The number of amides is 1. The highest BCUT2D eigenvalue weighted by Crippen LogP contribution is 2.49. The van der Waals surface area contributed by atoms with Crippen LogP contribution in [0.4, 0.5) is 8.78 Å². The molecule has 0 unspecified atom stereocenters. The summed E-state index contributed by atoms with van der Waals surface area (Å²) in [6, 6.07) is 9.60. The lowest BCUT2D eigenvalue weighted by atomic mass is 9.95. The highest BCUT2D eigenvalue weighted by Gasteiger charge is 2.33. The summed E-state index contributed by atoms with van der Waals surface area (Å²) in [4.78, 5) is 20.0. The lowest BCUT2D eigenvalue weighted by Crippen LogP contribution is -2.41. The summed E-state index contributed by atoms with van der Waals surface area (Å²) in [6.45, 7) is 7.46. The molecule has 2 aromatic carbocycles. The molecule has 2 aliphatic rings. The first-order valence-corrected chi connectivity index (χ1v) is 17.6. The number of rotatable bonds is 3. The fourth-order valence-electron chi connectivity index (χ4n) is 7.00. The molecule has 0 radical (unpaired) electrons. The van der Waals surface area contributed by atoms with Gasteiger partial charge in [-0.15, -0.1) is 11.3 Å². The predicted molar refractivity (Wildman–Crippen MR) is 192 cm³/mol. The number of ether oxygens (including phenoxy) is 3. The van der Waals surface area contributed by atoms with Gasteiger partial charge in [0.1, 0.15) is 47.7 Å². The zero-order valence-corrected chi connectivity index (χ0v) is 28.9. The molecule has 1 amide bonds. The highest BCUT2D eigenvalue weighted by atomic mass is 32.1. The maximum Gasteiger partial charge on any atom is 0.246 e. The molecule has 6 aromatic rings. The number of halogens is 2. The Balaban J connectivity index is 1.44. The highest BCUT2D eigenvalue weighted by molar-refractivity contribution is 7.18. The van der Waals surface area contributed by atoms with E-state index in [4.69, 9.17) is 24.3 Å². The van der Waals surface area contributed by atoms with E-state index in [-0.39, 0.29) is 43.1 Å². The van der Waals surface area contributed by atoms with Gasteiger partial charge in [0.25, 0.3) is 0 Å². The number of nitrogens with zero attached hydrogens (tertiary/aromatic N) is 6. The number of hydrogen-bond acceptors (Lipinski definition) is 8. The van der Waals surface area contributed by atoms with Crippen LogP contribution >= 0.6 is 11.3 Å². The SMILES string of the molecule is C=CC(=O)N1CCn2nc(-c3nc4c5ccsc5c3-c3c(F)cc(F)cc3OCCOC/C=C/COc3cc5c(cnn5C)cc3-4)cc2[C@@H]1CC. The van der Waals surface area contributed by atoms with Crippen LogP contribution in [0.1, 0.15) is 25.1 Å². The molecule has 0 N–H and O–H groups in total. The van der Waals surface area contributed by atoms with E-state index in [2.05, 4.69) is 11.7 Å². The van der Waals surface area contributed by atoms with Crippen LogP contribution in [0, 0.1) is 11.6 Å². The number of thiophene rings is 1. The van der Waals surface area contributed by atoms with Crippen molar-refractivity contribution in [2.45, 2.75) is 25.9 Å². The molecule has 0 saturated heterocycles. The summed E-state index contributed by atoms with van der Waals surface area (Å²) < 4.78 is 53.7. The summed E-state index contributed by atoms with van der Waals surface area (Å²) in [5, 5.41) is 13.0. The summed E-state index contributed by atoms with van der Waals surface area (Å²) in [6.07, 6.45) is 7.48. The van der Waals surface area contributed by atoms with Crippen LogP contribution in [0.3, 0.4) is 0 Å². The lowest BCUT2D eigenvalue weighted by Gasteiger charge is -2.34. The first-order chi connectivity index (χ1) is 24.9. The van der Waals surface area contributed by atoms with Crippen molar-refractivity contribution in [2.75, 3.05) is 33.0 Å². The smallest absolute Gasteiger partial charge is 0.246 e. The number of fused-ring (bicyclic) bond motifs is 6. The molecule has 13 heteroatoms. The third kappa shape index (κ3) is 5.75. The zero-order chi connectivity index (χ0) is 35.2. The van der Waals surface area contributed by atoms with E-state index >= 15 is 4.39 Å². The van der Waals surface area contributed by atoms with Crippen molar-refractivity contribution in [3.05, 3.63) is 90.1 Å². The Morgan fingerprint density at radius 2 is 1.90 bits per heavy atom. The number of hydrogen-bond donors (Lipinski definition) is 0. The number of carbonyl (C=O) groups is 1. The topological polar surface area (TPSA) is 96.5 Å². The van der Waals surface area contributed by atoms with Gasteiger partial charge >= 0.3 is 0 Å². The van der Waals surface area contributed by atoms with E-state index in [1.54, 1.807) is 15.8 Å². The van der Waals surface area contributed by atoms with Crippen molar-refractivity contribution in [3.8, 4) is 45.3 Å². The molecule has 4 aromatic heterocycles. The van der Waals surface area contributed by atoms with E-state index in [1.807, 2.05) is 60.5 Å². The molecular weight excluding hydrogens is 675 g/mol. The minimum absolute atomic E-state index is 0.0282. The third-order valence-electron chi connectivity index (χ3n) is 9.35. The second-order valence-electron chi connectivity index (χ2n) is 12.3. The van der Waals surface area contributed by atoms with Crippen LogP contribution < -0.4 is 9.47 Å². The van der Waals surface area contributed by atoms with E-state index < -0.39 is 11.6 Å². The average molecular weight is 709 g/mol. The van der Waals surface area contributed by atoms with Crippen LogP contribution in [-0.2, 0) is 23.1 Å². The van der Waals surface area contributed by atoms with Gasteiger partial charge in [0, 0.05) is 58.4 Å². The van der Waals surface area contributed by atoms with Crippen molar-refractivity contribution >= 4 is 38.2 Å². The standard InChI is InChI=1S/C38H34F2N6O4S/c1-4-28-30-19-27(43-46(30)10-9-45(28)33(47)5-2)37-35-34-26(40)17-23(39)18-32(34)50-14-13-48-11-6-7-12-49-31-20-29-22(21-41-44(29)3)16-25(31)36(42-37)24-8-15-51-38(24)35/h5-8,15-21,28H,2,4,9-14H2,1,3H3/b7-6+/t28-/m0/s1. The van der Waals surface area contributed by atoms with Crippen LogP contribution in [0.15, 0.2) is 72.8 Å². The fraction of sp³-hybridized carbons (Fsp3) is 0.263. The van der Waals surface area contributed by atoms with E-state index in [0.717, 1.165) is 33.6 Å².